The van der Waals surface area contributed by atoms with Crippen molar-refractivity contribution in [3.8, 4) is 0 Å². The van der Waals surface area contributed by atoms with Crippen LogP contribution in [0.2, 0.25) is 0 Å². The van der Waals surface area contributed by atoms with Crippen LogP contribution in [0.25, 0.3) is 0 Å². The standard InChI is InChI=1S/C10H17N3O/c1-13-8-11-5-10(13)6-12-9-3-2-4-14-7-9/h5,8-9,12H,2-4,6-7H2,1H3. The minimum Gasteiger partial charge on any atom is -0.380 e. The van der Waals surface area contributed by atoms with Gasteiger partial charge in [0.15, 0.2) is 0 Å². The van der Waals surface area contributed by atoms with E-state index < -0.39 is 0 Å². The quantitative estimate of drug-likeness (QED) is 0.771. The van der Waals surface area contributed by atoms with Crippen molar-refractivity contribution >= 4 is 0 Å². The highest BCUT2D eigenvalue weighted by molar-refractivity contribution is 4.97. The molecule has 1 aromatic rings. The Kier molecular flexibility index (Phi) is 3.16. The third kappa shape index (κ3) is 2.33. The van der Waals surface area contributed by atoms with E-state index >= 15 is 0 Å². The topological polar surface area (TPSA) is 39.1 Å². The van der Waals surface area contributed by atoms with Crippen LogP contribution in [0, 0.1) is 0 Å². The van der Waals surface area contributed by atoms with E-state index in [1.807, 2.05) is 24.1 Å². The molecule has 2 rings (SSSR count). The van der Waals surface area contributed by atoms with Gasteiger partial charge in [-0.25, -0.2) is 4.98 Å². The predicted molar refractivity (Wildman–Crippen MR) is 53.9 cm³/mol. The maximum Gasteiger partial charge on any atom is 0.0945 e. The summed E-state index contributed by atoms with van der Waals surface area (Å²) in [7, 11) is 2.02. The average molecular weight is 195 g/mol. The Morgan fingerprint density at radius 3 is 3.29 bits per heavy atom. The fraction of sp³-hybridized carbons (Fsp3) is 0.700. The van der Waals surface area contributed by atoms with Gasteiger partial charge in [0, 0.05) is 32.4 Å². The van der Waals surface area contributed by atoms with Crippen LogP contribution in [-0.2, 0) is 18.3 Å². The van der Waals surface area contributed by atoms with Crippen molar-refractivity contribution in [1.29, 1.82) is 0 Å². The van der Waals surface area contributed by atoms with Crippen LogP contribution in [0.15, 0.2) is 12.5 Å². The second-order valence-corrected chi connectivity index (χ2v) is 3.79. The zero-order chi connectivity index (χ0) is 9.80. The molecule has 2 heterocycles. The summed E-state index contributed by atoms with van der Waals surface area (Å²) >= 11 is 0. The Bertz CT molecular complexity index is 279. The average Bonchev–Trinajstić information content (AvgIpc) is 2.63. The number of hydrogen-bond acceptors (Lipinski definition) is 3. The Hall–Kier alpha value is -0.870. The molecule has 0 aliphatic carbocycles. The second-order valence-electron chi connectivity index (χ2n) is 3.79. The molecule has 78 valence electrons. The van der Waals surface area contributed by atoms with Gasteiger partial charge in [0.2, 0.25) is 0 Å². The Morgan fingerprint density at radius 2 is 2.64 bits per heavy atom. The minimum absolute atomic E-state index is 0.513. The van der Waals surface area contributed by atoms with Gasteiger partial charge in [-0.15, -0.1) is 0 Å². The molecule has 0 amide bonds. The van der Waals surface area contributed by atoms with Crippen LogP contribution in [-0.4, -0.2) is 28.8 Å². The summed E-state index contributed by atoms with van der Waals surface area (Å²) < 4.78 is 7.44. The highest BCUT2D eigenvalue weighted by atomic mass is 16.5. The molecule has 0 spiro atoms. The van der Waals surface area contributed by atoms with Crippen LogP contribution in [0.5, 0.6) is 0 Å². The fourth-order valence-electron chi connectivity index (χ4n) is 1.71. The number of nitrogens with zero attached hydrogens (tertiary/aromatic N) is 2. The SMILES string of the molecule is Cn1cncc1CNC1CCCOC1. The summed E-state index contributed by atoms with van der Waals surface area (Å²) in [6.45, 7) is 2.65. The zero-order valence-electron chi connectivity index (χ0n) is 8.57. The van der Waals surface area contributed by atoms with Crippen molar-refractivity contribution in [2.75, 3.05) is 13.2 Å². The van der Waals surface area contributed by atoms with E-state index in [0.29, 0.717) is 6.04 Å². The number of hydrogen-bond donors (Lipinski definition) is 1. The van der Waals surface area contributed by atoms with E-state index in [0.717, 1.165) is 19.8 Å². The zero-order valence-corrected chi connectivity index (χ0v) is 8.57. The smallest absolute Gasteiger partial charge is 0.0945 e. The summed E-state index contributed by atoms with van der Waals surface area (Å²) in [5, 5.41) is 3.48. The lowest BCUT2D eigenvalue weighted by atomic mass is 10.1. The van der Waals surface area contributed by atoms with Crippen LogP contribution >= 0.6 is 0 Å². The van der Waals surface area contributed by atoms with Crippen molar-refractivity contribution in [2.24, 2.45) is 7.05 Å². The van der Waals surface area contributed by atoms with E-state index in [-0.39, 0.29) is 0 Å². The number of ether oxygens (including phenoxy) is 1. The minimum atomic E-state index is 0.513. The normalized spacial score (nSPS) is 22.5. The maximum atomic E-state index is 5.40. The molecule has 1 N–H and O–H groups in total. The molecule has 1 saturated heterocycles. The molecule has 4 nitrogen and oxygen atoms in total. The number of nitrogens with one attached hydrogen (secondary N) is 1. The summed E-state index contributed by atoms with van der Waals surface area (Å²) in [4.78, 5) is 4.08. The first-order valence-corrected chi connectivity index (χ1v) is 5.12. The van der Waals surface area contributed by atoms with Gasteiger partial charge < -0.3 is 14.6 Å². The lowest BCUT2D eigenvalue weighted by Gasteiger charge is -2.23. The largest absolute Gasteiger partial charge is 0.380 e. The van der Waals surface area contributed by atoms with Crippen LogP contribution in [0.1, 0.15) is 18.5 Å². The summed E-state index contributed by atoms with van der Waals surface area (Å²) in [6.07, 6.45) is 6.12. The predicted octanol–water partition coefficient (Wildman–Crippen LogP) is 0.689. The van der Waals surface area contributed by atoms with Crippen molar-refractivity contribution < 1.29 is 4.74 Å². The highest BCUT2D eigenvalue weighted by Crippen LogP contribution is 2.06. The molecule has 14 heavy (non-hydrogen) atoms. The van der Waals surface area contributed by atoms with Crippen molar-refractivity contribution in [2.45, 2.75) is 25.4 Å². The first kappa shape index (κ1) is 9.68. The van der Waals surface area contributed by atoms with Crippen molar-refractivity contribution in [1.82, 2.24) is 14.9 Å². The highest BCUT2D eigenvalue weighted by Gasteiger charge is 2.13. The summed E-state index contributed by atoms with van der Waals surface area (Å²) in [5.74, 6) is 0. The van der Waals surface area contributed by atoms with E-state index in [2.05, 4.69) is 10.3 Å². The van der Waals surface area contributed by atoms with Gasteiger partial charge in [-0.3, -0.25) is 0 Å². The van der Waals surface area contributed by atoms with Gasteiger partial charge in [0.25, 0.3) is 0 Å². The van der Waals surface area contributed by atoms with Crippen molar-refractivity contribution in [3.63, 3.8) is 0 Å². The third-order valence-electron chi connectivity index (χ3n) is 2.65. The molecule has 1 fully saturated rings. The first-order chi connectivity index (χ1) is 6.86. The van der Waals surface area contributed by atoms with Crippen LogP contribution in [0.3, 0.4) is 0 Å². The molecule has 1 unspecified atom stereocenters. The van der Waals surface area contributed by atoms with Crippen LogP contribution in [0.4, 0.5) is 0 Å². The lowest BCUT2D eigenvalue weighted by molar-refractivity contribution is 0.0697. The Morgan fingerprint density at radius 1 is 1.71 bits per heavy atom. The molecule has 1 aromatic heterocycles. The van der Waals surface area contributed by atoms with Crippen molar-refractivity contribution in [3.05, 3.63) is 18.2 Å². The van der Waals surface area contributed by atoms with E-state index in [1.165, 1.54) is 18.5 Å². The van der Waals surface area contributed by atoms with Gasteiger partial charge in [-0.05, 0) is 12.8 Å². The van der Waals surface area contributed by atoms with E-state index in [4.69, 9.17) is 4.74 Å². The van der Waals surface area contributed by atoms with E-state index in [1.54, 1.807) is 0 Å². The molecule has 4 heteroatoms. The van der Waals surface area contributed by atoms with Gasteiger partial charge in [0.05, 0.1) is 18.6 Å². The van der Waals surface area contributed by atoms with Gasteiger partial charge in [0.1, 0.15) is 0 Å². The van der Waals surface area contributed by atoms with Gasteiger partial charge >= 0.3 is 0 Å². The summed E-state index contributed by atoms with van der Waals surface area (Å²) in [5.41, 5.74) is 1.22. The second kappa shape index (κ2) is 4.57. The van der Waals surface area contributed by atoms with E-state index in [9.17, 15) is 0 Å². The first-order valence-electron chi connectivity index (χ1n) is 5.12. The molecule has 0 radical (unpaired) electrons. The number of aromatic nitrogens is 2. The molecule has 0 aromatic carbocycles. The third-order valence-corrected chi connectivity index (χ3v) is 2.65. The maximum absolute atomic E-state index is 5.40. The van der Waals surface area contributed by atoms with Crippen LogP contribution < -0.4 is 5.32 Å². The fourth-order valence-corrected chi connectivity index (χ4v) is 1.71. The van der Waals surface area contributed by atoms with Gasteiger partial charge in [-0.1, -0.05) is 0 Å². The monoisotopic (exact) mass is 195 g/mol. The van der Waals surface area contributed by atoms with Gasteiger partial charge in [-0.2, -0.15) is 0 Å². The number of aryl methyl sites for hydroxylation is 1. The number of rotatable bonds is 3. The summed E-state index contributed by atoms with van der Waals surface area (Å²) in [6, 6.07) is 0.513. The molecule has 1 aliphatic heterocycles. The lowest BCUT2D eigenvalue weighted by Crippen LogP contribution is -2.36. The molecular formula is C10H17N3O. The Balaban J connectivity index is 1.79. The molecule has 1 aliphatic rings. The Labute approximate surface area is 84.3 Å². The molecule has 1 atom stereocenters. The molecule has 0 saturated carbocycles. The molecular weight excluding hydrogens is 178 g/mol. The molecule has 0 bridgehead atoms. The number of imidazole rings is 1.